The van der Waals surface area contributed by atoms with Crippen molar-refractivity contribution in [3.63, 3.8) is 0 Å². The van der Waals surface area contributed by atoms with Gasteiger partial charge in [0.1, 0.15) is 17.1 Å². The van der Waals surface area contributed by atoms with Crippen LogP contribution in [0.4, 0.5) is 4.39 Å². The first kappa shape index (κ1) is 15.6. The van der Waals surface area contributed by atoms with E-state index in [-0.39, 0.29) is 12.4 Å². The summed E-state index contributed by atoms with van der Waals surface area (Å²) < 4.78 is 20.8. The minimum Gasteiger partial charge on any atom is -0.623 e. The SMILES string of the molecule is CC1(C)C[N+]([O-])=C(c2cnc3c(F)cccc3c2)c2ccccc2O1. The third-order valence-corrected chi connectivity index (χ3v) is 4.24. The number of para-hydroxylation sites is 2. The monoisotopic (exact) mass is 336 g/mol. The molecule has 0 spiro atoms. The molecule has 2 heterocycles. The van der Waals surface area contributed by atoms with Gasteiger partial charge in [0.2, 0.25) is 5.71 Å². The molecule has 126 valence electrons. The second-order valence-corrected chi connectivity index (χ2v) is 6.78. The van der Waals surface area contributed by atoms with E-state index in [0.717, 1.165) is 4.74 Å². The lowest BCUT2D eigenvalue weighted by molar-refractivity contribution is -0.472. The van der Waals surface area contributed by atoms with Crippen molar-refractivity contribution in [2.75, 3.05) is 6.54 Å². The molecule has 2 aromatic carbocycles. The number of ether oxygens (including phenoxy) is 1. The van der Waals surface area contributed by atoms with Gasteiger partial charge in [-0.3, -0.25) is 4.98 Å². The van der Waals surface area contributed by atoms with Crippen molar-refractivity contribution in [1.29, 1.82) is 0 Å². The van der Waals surface area contributed by atoms with Crippen molar-refractivity contribution in [3.05, 3.63) is 76.9 Å². The van der Waals surface area contributed by atoms with Crippen LogP contribution < -0.4 is 4.74 Å². The average Bonchev–Trinajstić information content (AvgIpc) is 2.66. The topological polar surface area (TPSA) is 48.2 Å². The van der Waals surface area contributed by atoms with Crippen molar-refractivity contribution in [2.24, 2.45) is 0 Å². The van der Waals surface area contributed by atoms with E-state index in [9.17, 15) is 9.60 Å². The molecular weight excluding hydrogens is 319 g/mol. The number of rotatable bonds is 1. The van der Waals surface area contributed by atoms with Gasteiger partial charge in [-0.25, -0.2) is 9.13 Å². The molecule has 0 amide bonds. The fourth-order valence-corrected chi connectivity index (χ4v) is 3.19. The summed E-state index contributed by atoms with van der Waals surface area (Å²) in [6.07, 6.45) is 1.54. The van der Waals surface area contributed by atoms with Gasteiger partial charge in [-0.2, -0.15) is 0 Å². The van der Waals surface area contributed by atoms with Gasteiger partial charge < -0.3 is 9.94 Å². The van der Waals surface area contributed by atoms with E-state index in [0.29, 0.717) is 33.5 Å². The number of hydroxylamine groups is 1. The van der Waals surface area contributed by atoms with E-state index in [4.69, 9.17) is 4.74 Å². The van der Waals surface area contributed by atoms with Crippen LogP contribution in [0.2, 0.25) is 0 Å². The normalized spacial score (nSPS) is 16.3. The van der Waals surface area contributed by atoms with E-state index in [1.165, 1.54) is 6.07 Å². The summed E-state index contributed by atoms with van der Waals surface area (Å²) in [6, 6.07) is 14.0. The number of benzene rings is 2. The third kappa shape index (κ3) is 2.71. The zero-order chi connectivity index (χ0) is 17.6. The molecule has 4 rings (SSSR count). The first-order valence-electron chi connectivity index (χ1n) is 8.09. The summed E-state index contributed by atoms with van der Waals surface area (Å²) in [6.45, 7) is 3.94. The first-order valence-corrected chi connectivity index (χ1v) is 8.09. The zero-order valence-electron chi connectivity index (χ0n) is 14.0. The minimum absolute atomic E-state index is 0.179. The van der Waals surface area contributed by atoms with Crippen LogP contribution in [-0.4, -0.2) is 27.6 Å². The maximum atomic E-state index is 13.9. The molecule has 25 heavy (non-hydrogen) atoms. The van der Waals surface area contributed by atoms with Crippen molar-refractivity contribution in [2.45, 2.75) is 19.4 Å². The van der Waals surface area contributed by atoms with Gasteiger partial charge in [0.15, 0.2) is 12.1 Å². The van der Waals surface area contributed by atoms with Crippen LogP contribution in [0.5, 0.6) is 5.75 Å². The van der Waals surface area contributed by atoms with Gasteiger partial charge in [-0.1, -0.05) is 24.3 Å². The predicted octanol–water partition coefficient (Wildman–Crippen LogP) is 3.89. The van der Waals surface area contributed by atoms with Crippen LogP contribution in [0.25, 0.3) is 10.9 Å². The first-order chi connectivity index (χ1) is 11.9. The molecule has 4 nitrogen and oxygen atoms in total. The second-order valence-electron chi connectivity index (χ2n) is 6.78. The van der Waals surface area contributed by atoms with Crippen molar-refractivity contribution < 1.29 is 13.9 Å². The van der Waals surface area contributed by atoms with Crippen molar-refractivity contribution >= 4 is 16.6 Å². The quantitative estimate of drug-likeness (QED) is 0.500. The number of halogens is 1. The van der Waals surface area contributed by atoms with Gasteiger partial charge >= 0.3 is 0 Å². The molecule has 0 atom stereocenters. The highest BCUT2D eigenvalue weighted by Crippen LogP contribution is 2.30. The Morgan fingerprint density at radius 3 is 2.80 bits per heavy atom. The molecule has 5 heteroatoms. The highest BCUT2D eigenvalue weighted by Gasteiger charge is 2.33. The van der Waals surface area contributed by atoms with E-state index < -0.39 is 5.60 Å². The molecule has 1 aliphatic heterocycles. The molecule has 0 bridgehead atoms. The molecule has 0 fully saturated rings. The van der Waals surface area contributed by atoms with Gasteiger partial charge in [0, 0.05) is 11.6 Å². The molecule has 1 aliphatic rings. The summed E-state index contributed by atoms with van der Waals surface area (Å²) in [5, 5.41) is 13.5. The van der Waals surface area contributed by atoms with Crippen molar-refractivity contribution in [3.8, 4) is 5.75 Å². The fraction of sp³-hybridized carbons (Fsp3) is 0.200. The lowest BCUT2D eigenvalue weighted by atomic mass is 10.0. The zero-order valence-corrected chi connectivity index (χ0v) is 14.0. The van der Waals surface area contributed by atoms with E-state index in [2.05, 4.69) is 4.98 Å². The Morgan fingerprint density at radius 1 is 1.16 bits per heavy atom. The minimum atomic E-state index is -0.629. The Bertz CT molecular complexity index is 1010. The van der Waals surface area contributed by atoms with Gasteiger partial charge in [0.25, 0.3) is 0 Å². The van der Waals surface area contributed by atoms with Crippen LogP contribution in [0.15, 0.2) is 54.7 Å². The Balaban J connectivity index is 1.97. The Labute approximate surface area is 144 Å². The second kappa shape index (κ2) is 5.55. The Kier molecular flexibility index (Phi) is 3.46. The molecule has 0 saturated heterocycles. The maximum Gasteiger partial charge on any atom is 0.231 e. The molecule has 0 N–H and O–H groups in total. The highest BCUT2D eigenvalue weighted by atomic mass is 19.1. The average molecular weight is 336 g/mol. The largest absolute Gasteiger partial charge is 0.623 e. The molecule has 0 unspecified atom stereocenters. The van der Waals surface area contributed by atoms with Crippen LogP contribution in [-0.2, 0) is 0 Å². The molecule has 0 aliphatic carbocycles. The fourth-order valence-electron chi connectivity index (χ4n) is 3.19. The lowest BCUT2D eigenvalue weighted by Crippen LogP contribution is -2.36. The maximum absolute atomic E-state index is 13.9. The van der Waals surface area contributed by atoms with Crippen LogP contribution >= 0.6 is 0 Å². The van der Waals surface area contributed by atoms with Crippen LogP contribution in [0, 0.1) is 11.0 Å². The molecule has 3 aromatic rings. The summed E-state index contributed by atoms with van der Waals surface area (Å²) in [5.74, 6) is 0.277. The van der Waals surface area contributed by atoms with E-state index >= 15 is 0 Å². The third-order valence-electron chi connectivity index (χ3n) is 4.24. The standard InChI is InChI=1S/C20H17FN2O2/c1-20(2)12-23(24)19(15-7-3-4-9-17(15)25-20)14-10-13-6-5-8-16(21)18(13)22-11-14/h3-11H,12H2,1-2H3. The molecule has 1 aromatic heterocycles. The summed E-state index contributed by atoms with van der Waals surface area (Å²) in [5.41, 5.74) is 1.50. The Hall–Kier alpha value is -2.95. The molecule has 0 radical (unpaired) electrons. The number of pyridine rings is 1. The smallest absolute Gasteiger partial charge is 0.231 e. The van der Waals surface area contributed by atoms with Gasteiger partial charge in [-0.15, -0.1) is 0 Å². The van der Waals surface area contributed by atoms with E-state index in [1.807, 2.05) is 38.1 Å². The number of hydrogen-bond acceptors (Lipinski definition) is 3. The number of hydrogen-bond donors (Lipinski definition) is 0. The number of fused-ring (bicyclic) bond motifs is 2. The van der Waals surface area contributed by atoms with Gasteiger partial charge in [0.05, 0.1) is 11.1 Å². The van der Waals surface area contributed by atoms with Gasteiger partial charge in [-0.05, 0) is 38.1 Å². The molecular formula is C20H17FN2O2. The number of aromatic nitrogens is 1. The summed E-state index contributed by atoms with van der Waals surface area (Å²) in [7, 11) is 0. The predicted molar refractivity (Wildman–Crippen MR) is 94.6 cm³/mol. The van der Waals surface area contributed by atoms with Crippen LogP contribution in [0.3, 0.4) is 0 Å². The molecule has 0 saturated carbocycles. The van der Waals surface area contributed by atoms with E-state index in [1.54, 1.807) is 24.4 Å². The summed E-state index contributed by atoms with van der Waals surface area (Å²) in [4.78, 5) is 4.23. The van der Waals surface area contributed by atoms with Crippen molar-refractivity contribution in [1.82, 2.24) is 4.98 Å². The summed E-state index contributed by atoms with van der Waals surface area (Å²) >= 11 is 0. The number of nitrogens with zero attached hydrogens (tertiary/aromatic N) is 2. The van der Waals surface area contributed by atoms with Crippen LogP contribution in [0.1, 0.15) is 25.0 Å². The Morgan fingerprint density at radius 2 is 1.96 bits per heavy atom. The lowest BCUT2D eigenvalue weighted by Gasteiger charge is -2.22. The highest BCUT2D eigenvalue weighted by molar-refractivity contribution is 6.12.